The molecule has 0 unspecified atom stereocenters. The molecule has 76 valence electrons. The highest BCUT2D eigenvalue weighted by atomic mass is 14.8. The SMILES string of the molecule is C=CNCCc1cc(C)ccc1CC. The molecule has 0 aromatic heterocycles. The van der Waals surface area contributed by atoms with Crippen LogP contribution in [0.3, 0.4) is 0 Å². The molecule has 1 heteroatoms. The summed E-state index contributed by atoms with van der Waals surface area (Å²) in [5.41, 5.74) is 4.26. The van der Waals surface area contributed by atoms with E-state index in [0.29, 0.717) is 0 Å². The Morgan fingerprint density at radius 3 is 2.79 bits per heavy atom. The number of hydrogen-bond donors (Lipinski definition) is 1. The number of nitrogens with one attached hydrogen (secondary N) is 1. The van der Waals surface area contributed by atoms with E-state index in [-0.39, 0.29) is 0 Å². The van der Waals surface area contributed by atoms with E-state index in [9.17, 15) is 0 Å². The Bertz CT molecular complexity index is 302. The summed E-state index contributed by atoms with van der Waals surface area (Å²) >= 11 is 0. The van der Waals surface area contributed by atoms with Crippen molar-refractivity contribution in [3.63, 3.8) is 0 Å². The van der Waals surface area contributed by atoms with Gasteiger partial charge in [-0.15, -0.1) is 0 Å². The third kappa shape index (κ3) is 2.91. The first-order valence-corrected chi connectivity index (χ1v) is 5.20. The quantitative estimate of drug-likeness (QED) is 0.702. The fourth-order valence-electron chi connectivity index (χ4n) is 1.64. The second-order valence-electron chi connectivity index (χ2n) is 3.53. The lowest BCUT2D eigenvalue weighted by Crippen LogP contribution is -2.10. The fraction of sp³-hybridized carbons (Fsp3) is 0.385. The fourth-order valence-corrected chi connectivity index (χ4v) is 1.64. The van der Waals surface area contributed by atoms with Crippen molar-refractivity contribution < 1.29 is 0 Å². The van der Waals surface area contributed by atoms with E-state index in [1.165, 1.54) is 16.7 Å². The summed E-state index contributed by atoms with van der Waals surface area (Å²) in [4.78, 5) is 0. The maximum Gasteiger partial charge on any atom is 0.0181 e. The lowest BCUT2D eigenvalue weighted by Gasteiger charge is -2.08. The largest absolute Gasteiger partial charge is 0.391 e. The predicted octanol–water partition coefficient (Wildman–Crippen LogP) is 2.83. The molecule has 1 rings (SSSR count). The van der Waals surface area contributed by atoms with Crippen molar-refractivity contribution in [3.05, 3.63) is 47.7 Å². The molecule has 1 aromatic rings. The van der Waals surface area contributed by atoms with Gasteiger partial charge in [-0.25, -0.2) is 0 Å². The molecule has 0 aliphatic carbocycles. The van der Waals surface area contributed by atoms with Gasteiger partial charge in [0.05, 0.1) is 0 Å². The molecular formula is C13H19N. The van der Waals surface area contributed by atoms with Crippen LogP contribution in [0.1, 0.15) is 23.6 Å². The Balaban J connectivity index is 2.71. The lowest BCUT2D eigenvalue weighted by atomic mass is 10.00. The van der Waals surface area contributed by atoms with Crippen LogP contribution in [0.25, 0.3) is 0 Å². The van der Waals surface area contributed by atoms with Crippen molar-refractivity contribution in [2.45, 2.75) is 26.7 Å². The molecule has 0 saturated carbocycles. The van der Waals surface area contributed by atoms with Gasteiger partial charge in [0.25, 0.3) is 0 Å². The smallest absolute Gasteiger partial charge is 0.0181 e. The van der Waals surface area contributed by atoms with Crippen LogP contribution in [0.15, 0.2) is 31.0 Å². The Hall–Kier alpha value is -1.24. The molecule has 0 amide bonds. The summed E-state index contributed by atoms with van der Waals surface area (Å²) in [6.07, 6.45) is 3.95. The summed E-state index contributed by atoms with van der Waals surface area (Å²) < 4.78 is 0. The molecular weight excluding hydrogens is 170 g/mol. The van der Waals surface area contributed by atoms with E-state index in [2.05, 4.69) is 43.9 Å². The maximum atomic E-state index is 3.64. The zero-order chi connectivity index (χ0) is 10.4. The monoisotopic (exact) mass is 189 g/mol. The van der Waals surface area contributed by atoms with Crippen LogP contribution in [0.4, 0.5) is 0 Å². The Morgan fingerprint density at radius 1 is 1.36 bits per heavy atom. The maximum absolute atomic E-state index is 3.64. The molecule has 0 fully saturated rings. The summed E-state index contributed by atoms with van der Waals surface area (Å²) in [5, 5.41) is 3.13. The molecule has 0 bridgehead atoms. The Labute approximate surface area is 86.8 Å². The number of rotatable bonds is 5. The van der Waals surface area contributed by atoms with Crippen LogP contribution in [0, 0.1) is 6.92 Å². The molecule has 0 radical (unpaired) electrons. The normalized spacial score (nSPS) is 9.86. The van der Waals surface area contributed by atoms with Crippen molar-refractivity contribution in [2.24, 2.45) is 0 Å². The summed E-state index contributed by atoms with van der Waals surface area (Å²) in [6, 6.07) is 6.70. The van der Waals surface area contributed by atoms with Crippen LogP contribution >= 0.6 is 0 Å². The van der Waals surface area contributed by atoms with Gasteiger partial charge >= 0.3 is 0 Å². The van der Waals surface area contributed by atoms with E-state index >= 15 is 0 Å². The summed E-state index contributed by atoms with van der Waals surface area (Å²) in [7, 11) is 0. The predicted molar refractivity (Wildman–Crippen MR) is 62.5 cm³/mol. The van der Waals surface area contributed by atoms with Crippen LogP contribution in [-0.2, 0) is 12.8 Å². The molecule has 0 atom stereocenters. The second kappa shape index (κ2) is 5.48. The molecule has 0 spiro atoms. The van der Waals surface area contributed by atoms with E-state index < -0.39 is 0 Å². The van der Waals surface area contributed by atoms with Gasteiger partial charge in [-0.3, -0.25) is 0 Å². The van der Waals surface area contributed by atoms with Crippen LogP contribution in [-0.4, -0.2) is 6.54 Å². The minimum absolute atomic E-state index is 0.972. The zero-order valence-electron chi connectivity index (χ0n) is 9.14. The average molecular weight is 189 g/mol. The first kappa shape index (κ1) is 10.8. The molecule has 0 aliphatic heterocycles. The molecule has 0 saturated heterocycles. The molecule has 1 aromatic carbocycles. The average Bonchev–Trinajstić information content (AvgIpc) is 2.19. The molecule has 1 N–H and O–H groups in total. The molecule has 14 heavy (non-hydrogen) atoms. The molecule has 0 aliphatic rings. The number of hydrogen-bond acceptors (Lipinski definition) is 1. The van der Waals surface area contributed by atoms with Crippen LogP contribution in [0.2, 0.25) is 0 Å². The number of benzene rings is 1. The van der Waals surface area contributed by atoms with E-state index in [1.807, 2.05) is 0 Å². The first-order chi connectivity index (χ1) is 6.77. The van der Waals surface area contributed by atoms with E-state index in [0.717, 1.165) is 19.4 Å². The third-order valence-electron chi connectivity index (χ3n) is 2.43. The highest BCUT2D eigenvalue weighted by Gasteiger charge is 1.99. The van der Waals surface area contributed by atoms with Crippen molar-refractivity contribution in [3.8, 4) is 0 Å². The summed E-state index contributed by atoms with van der Waals surface area (Å²) in [5.74, 6) is 0. The minimum atomic E-state index is 0.972. The standard InChI is InChI=1S/C13H19N/c1-4-12-7-6-11(3)10-13(12)8-9-14-5-2/h5-7,10,14H,2,4,8-9H2,1,3H3. The van der Waals surface area contributed by atoms with Gasteiger partial charge < -0.3 is 5.32 Å². The molecule has 1 nitrogen and oxygen atoms in total. The topological polar surface area (TPSA) is 12.0 Å². The Kier molecular flexibility index (Phi) is 4.24. The van der Waals surface area contributed by atoms with Gasteiger partial charge in [-0.1, -0.05) is 37.3 Å². The molecule has 0 heterocycles. The van der Waals surface area contributed by atoms with Gasteiger partial charge in [0.15, 0.2) is 0 Å². The van der Waals surface area contributed by atoms with Gasteiger partial charge in [0.1, 0.15) is 0 Å². The minimum Gasteiger partial charge on any atom is -0.391 e. The van der Waals surface area contributed by atoms with Crippen LogP contribution in [0.5, 0.6) is 0 Å². The Morgan fingerprint density at radius 2 is 2.14 bits per heavy atom. The van der Waals surface area contributed by atoms with Crippen molar-refractivity contribution >= 4 is 0 Å². The van der Waals surface area contributed by atoms with Gasteiger partial charge in [-0.05, 0) is 37.1 Å². The lowest BCUT2D eigenvalue weighted by molar-refractivity contribution is 0.824. The highest BCUT2D eigenvalue weighted by Crippen LogP contribution is 2.12. The van der Waals surface area contributed by atoms with Crippen LogP contribution < -0.4 is 5.32 Å². The van der Waals surface area contributed by atoms with Gasteiger partial charge in [0.2, 0.25) is 0 Å². The highest BCUT2D eigenvalue weighted by molar-refractivity contribution is 5.31. The van der Waals surface area contributed by atoms with E-state index in [4.69, 9.17) is 0 Å². The van der Waals surface area contributed by atoms with E-state index in [1.54, 1.807) is 6.20 Å². The zero-order valence-corrected chi connectivity index (χ0v) is 9.14. The van der Waals surface area contributed by atoms with Crippen molar-refractivity contribution in [1.29, 1.82) is 0 Å². The number of aryl methyl sites for hydroxylation is 2. The third-order valence-corrected chi connectivity index (χ3v) is 2.43. The summed E-state index contributed by atoms with van der Waals surface area (Å²) in [6.45, 7) is 8.96. The first-order valence-electron chi connectivity index (χ1n) is 5.20. The van der Waals surface area contributed by atoms with Crippen molar-refractivity contribution in [2.75, 3.05) is 6.54 Å². The van der Waals surface area contributed by atoms with Gasteiger partial charge in [-0.2, -0.15) is 0 Å². The second-order valence-corrected chi connectivity index (χ2v) is 3.53. The van der Waals surface area contributed by atoms with Crippen molar-refractivity contribution in [1.82, 2.24) is 5.32 Å². The van der Waals surface area contributed by atoms with Gasteiger partial charge in [0, 0.05) is 6.54 Å².